The first kappa shape index (κ1) is 25.0. The summed E-state index contributed by atoms with van der Waals surface area (Å²) < 4.78 is 30.2. The van der Waals surface area contributed by atoms with Gasteiger partial charge in [-0.15, -0.1) is 24.0 Å². The Morgan fingerprint density at radius 2 is 2.10 bits per heavy atom. The van der Waals surface area contributed by atoms with E-state index in [2.05, 4.69) is 15.6 Å². The van der Waals surface area contributed by atoms with Gasteiger partial charge >= 0.3 is 5.97 Å². The highest BCUT2D eigenvalue weighted by Crippen LogP contribution is 2.30. The van der Waals surface area contributed by atoms with Gasteiger partial charge in [0.15, 0.2) is 17.5 Å². The van der Waals surface area contributed by atoms with Crippen molar-refractivity contribution in [1.82, 2.24) is 10.6 Å². The largest absolute Gasteiger partial charge is 0.490 e. The lowest BCUT2D eigenvalue weighted by atomic mass is 10.1. The predicted octanol–water partition coefficient (Wildman–Crippen LogP) is 4.35. The maximum Gasteiger partial charge on any atom is 0.341 e. The van der Waals surface area contributed by atoms with Crippen LogP contribution < -0.4 is 15.4 Å². The van der Waals surface area contributed by atoms with Gasteiger partial charge in [-0.3, -0.25) is 4.99 Å². The summed E-state index contributed by atoms with van der Waals surface area (Å²) in [6, 6.07) is 6.44. The number of nitrogens with one attached hydrogen (secondary N) is 2. The van der Waals surface area contributed by atoms with Crippen LogP contribution in [0.15, 0.2) is 33.7 Å². The molecule has 1 aromatic heterocycles. The molecule has 0 amide bonds. The lowest BCUT2D eigenvalue weighted by molar-refractivity contribution is 0.0599. The van der Waals surface area contributed by atoms with Crippen molar-refractivity contribution in [3.63, 3.8) is 0 Å². The van der Waals surface area contributed by atoms with E-state index in [1.165, 1.54) is 13.2 Å². The minimum Gasteiger partial charge on any atom is -0.490 e. The molecule has 1 aliphatic carbocycles. The fourth-order valence-corrected chi connectivity index (χ4v) is 2.99. The number of esters is 1. The molecular weight excluding hydrogens is 516 g/mol. The molecule has 1 aromatic carbocycles. The third kappa shape index (κ3) is 6.84. The number of ether oxygens (including phenoxy) is 2. The number of aryl methyl sites for hydroxylation is 1. The van der Waals surface area contributed by atoms with E-state index in [0.29, 0.717) is 42.1 Å². The zero-order valence-electron chi connectivity index (χ0n) is 18.2. The standard InChI is InChI=1S/C22H28FN3O4.HI/c1-13(16-7-8-20(19(23)9-16)29-12-15-5-6-15)26-22(24-3)25-11-17-10-18(14(2)30-17)21(27)28-4;/h7-10,13,15H,5-6,11-12H2,1-4H3,(H2,24,25,26);1H. The molecule has 170 valence electrons. The molecule has 0 bridgehead atoms. The van der Waals surface area contributed by atoms with Gasteiger partial charge in [-0.1, -0.05) is 6.07 Å². The van der Waals surface area contributed by atoms with Gasteiger partial charge in [0.1, 0.15) is 17.1 Å². The van der Waals surface area contributed by atoms with Gasteiger partial charge in [-0.2, -0.15) is 0 Å². The molecule has 1 saturated carbocycles. The molecule has 1 unspecified atom stereocenters. The Morgan fingerprint density at radius 1 is 1.35 bits per heavy atom. The lowest BCUT2D eigenvalue weighted by Crippen LogP contribution is -2.38. The molecule has 1 heterocycles. The van der Waals surface area contributed by atoms with E-state index >= 15 is 0 Å². The van der Waals surface area contributed by atoms with Crippen LogP contribution in [-0.2, 0) is 11.3 Å². The highest BCUT2D eigenvalue weighted by molar-refractivity contribution is 14.0. The summed E-state index contributed by atoms with van der Waals surface area (Å²) in [5.41, 5.74) is 1.17. The normalized spacial score (nSPS) is 14.4. The molecule has 31 heavy (non-hydrogen) atoms. The molecule has 2 N–H and O–H groups in total. The second-order valence-electron chi connectivity index (χ2n) is 7.41. The van der Waals surface area contributed by atoms with Crippen LogP contribution in [0.3, 0.4) is 0 Å². The third-order valence-corrected chi connectivity index (χ3v) is 5.01. The molecule has 9 heteroatoms. The number of nitrogens with zero attached hydrogens (tertiary/aromatic N) is 1. The number of methoxy groups -OCH3 is 1. The second kappa shape index (κ2) is 11.4. The van der Waals surface area contributed by atoms with Gasteiger partial charge in [0.25, 0.3) is 0 Å². The number of furan rings is 1. The van der Waals surface area contributed by atoms with Crippen LogP contribution in [0.2, 0.25) is 0 Å². The highest BCUT2D eigenvalue weighted by Gasteiger charge is 2.22. The number of carbonyl (C=O) groups excluding carboxylic acids is 1. The Balaban J connectivity index is 0.00000341. The first-order valence-corrected chi connectivity index (χ1v) is 9.98. The van der Waals surface area contributed by atoms with Crippen LogP contribution in [0, 0.1) is 18.7 Å². The third-order valence-electron chi connectivity index (χ3n) is 5.01. The van der Waals surface area contributed by atoms with E-state index in [1.807, 2.05) is 13.0 Å². The van der Waals surface area contributed by atoms with Crippen molar-refractivity contribution in [2.24, 2.45) is 10.9 Å². The minimum absolute atomic E-state index is 0. The number of hydrogen-bond donors (Lipinski definition) is 2. The number of rotatable bonds is 8. The average Bonchev–Trinajstić information content (AvgIpc) is 3.50. The van der Waals surface area contributed by atoms with Gasteiger partial charge < -0.3 is 24.5 Å². The number of halogens is 2. The van der Waals surface area contributed by atoms with Gasteiger partial charge in [-0.25, -0.2) is 9.18 Å². The first-order valence-electron chi connectivity index (χ1n) is 9.98. The first-order chi connectivity index (χ1) is 14.4. The Bertz CT molecular complexity index is 927. The van der Waals surface area contributed by atoms with Crippen LogP contribution in [0.1, 0.15) is 53.2 Å². The summed E-state index contributed by atoms with van der Waals surface area (Å²) in [4.78, 5) is 15.9. The van der Waals surface area contributed by atoms with Crippen LogP contribution in [0.4, 0.5) is 4.39 Å². The molecule has 2 aromatic rings. The summed E-state index contributed by atoms with van der Waals surface area (Å²) >= 11 is 0. The Kier molecular flexibility index (Phi) is 9.15. The number of hydrogen-bond acceptors (Lipinski definition) is 5. The summed E-state index contributed by atoms with van der Waals surface area (Å²) in [7, 11) is 2.97. The molecule has 0 aliphatic heterocycles. The molecular formula is C22H29FIN3O4. The van der Waals surface area contributed by atoms with Crippen LogP contribution in [0.5, 0.6) is 5.75 Å². The van der Waals surface area contributed by atoms with Crippen LogP contribution >= 0.6 is 24.0 Å². The van der Waals surface area contributed by atoms with Crippen LogP contribution in [0.25, 0.3) is 0 Å². The molecule has 7 nitrogen and oxygen atoms in total. The Hall–Kier alpha value is -2.30. The Morgan fingerprint density at radius 3 is 2.71 bits per heavy atom. The highest BCUT2D eigenvalue weighted by atomic mass is 127. The minimum atomic E-state index is -0.440. The van der Waals surface area contributed by atoms with E-state index in [4.69, 9.17) is 13.9 Å². The SMILES string of the molecule is CN=C(NCc1cc(C(=O)OC)c(C)o1)NC(C)c1ccc(OCC2CC2)c(F)c1.I. The number of benzene rings is 1. The van der Waals surface area contributed by atoms with Crippen molar-refractivity contribution in [3.8, 4) is 5.75 Å². The average molecular weight is 545 g/mol. The van der Waals surface area contributed by atoms with Crippen molar-refractivity contribution in [3.05, 3.63) is 52.7 Å². The molecule has 0 spiro atoms. The smallest absolute Gasteiger partial charge is 0.341 e. The summed E-state index contributed by atoms with van der Waals surface area (Å²) in [6.07, 6.45) is 2.32. The fraction of sp³-hybridized carbons (Fsp3) is 0.455. The second-order valence-corrected chi connectivity index (χ2v) is 7.41. The van der Waals surface area contributed by atoms with E-state index in [-0.39, 0.29) is 41.6 Å². The summed E-state index contributed by atoms with van der Waals surface area (Å²) in [5, 5.41) is 6.34. The van der Waals surface area contributed by atoms with E-state index in [0.717, 1.165) is 18.4 Å². The quantitative estimate of drug-likeness (QED) is 0.222. The molecule has 3 rings (SSSR count). The zero-order valence-corrected chi connectivity index (χ0v) is 20.5. The predicted molar refractivity (Wildman–Crippen MR) is 127 cm³/mol. The molecule has 0 saturated heterocycles. The van der Waals surface area contributed by atoms with E-state index < -0.39 is 5.97 Å². The molecule has 1 fully saturated rings. The van der Waals surface area contributed by atoms with Crippen molar-refractivity contribution in [2.75, 3.05) is 20.8 Å². The summed E-state index contributed by atoms with van der Waals surface area (Å²) in [5.74, 6) is 1.64. The molecule has 1 atom stereocenters. The van der Waals surface area contributed by atoms with Crippen molar-refractivity contribution in [1.29, 1.82) is 0 Å². The zero-order chi connectivity index (χ0) is 21.7. The van der Waals surface area contributed by atoms with E-state index in [9.17, 15) is 9.18 Å². The van der Waals surface area contributed by atoms with Gasteiger partial charge in [-0.05, 0) is 56.4 Å². The van der Waals surface area contributed by atoms with Crippen molar-refractivity contribution in [2.45, 2.75) is 39.3 Å². The van der Waals surface area contributed by atoms with Crippen LogP contribution in [-0.4, -0.2) is 32.7 Å². The number of carbonyl (C=O) groups is 1. The maximum absolute atomic E-state index is 14.4. The fourth-order valence-electron chi connectivity index (χ4n) is 2.99. The Labute approximate surface area is 198 Å². The molecule has 0 radical (unpaired) electrons. The lowest BCUT2D eigenvalue weighted by Gasteiger charge is -2.18. The van der Waals surface area contributed by atoms with E-state index in [1.54, 1.807) is 26.1 Å². The van der Waals surface area contributed by atoms with Gasteiger partial charge in [0, 0.05) is 7.05 Å². The van der Waals surface area contributed by atoms with Gasteiger partial charge in [0.2, 0.25) is 0 Å². The topological polar surface area (TPSA) is 85.1 Å². The van der Waals surface area contributed by atoms with Gasteiger partial charge in [0.05, 0.1) is 26.3 Å². The number of aliphatic imine (C=N–C) groups is 1. The maximum atomic E-state index is 14.4. The van der Waals surface area contributed by atoms with Crippen molar-refractivity contribution >= 4 is 35.9 Å². The summed E-state index contributed by atoms with van der Waals surface area (Å²) in [6.45, 7) is 4.52. The van der Waals surface area contributed by atoms with Crippen molar-refractivity contribution < 1.29 is 23.1 Å². The molecule has 1 aliphatic rings. The number of guanidine groups is 1. The monoisotopic (exact) mass is 545 g/mol.